The summed E-state index contributed by atoms with van der Waals surface area (Å²) in [5, 5.41) is 0. The van der Waals surface area contributed by atoms with E-state index < -0.39 is 5.79 Å². The molecule has 0 radical (unpaired) electrons. The number of rotatable bonds is 4. The van der Waals surface area contributed by atoms with E-state index in [1.807, 2.05) is 20.8 Å². The van der Waals surface area contributed by atoms with E-state index in [2.05, 4.69) is 0 Å². The van der Waals surface area contributed by atoms with Crippen LogP contribution in [0.4, 0.5) is 0 Å². The van der Waals surface area contributed by atoms with Crippen molar-refractivity contribution in [1.82, 2.24) is 0 Å². The summed E-state index contributed by atoms with van der Waals surface area (Å²) >= 11 is 0. The summed E-state index contributed by atoms with van der Waals surface area (Å²) in [4.78, 5) is 11.0. The fraction of sp³-hybridized carbons (Fsp3) is 0.900. The van der Waals surface area contributed by atoms with Crippen molar-refractivity contribution >= 4 is 5.97 Å². The first-order valence-corrected chi connectivity index (χ1v) is 5.01. The molecule has 4 nitrogen and oxygen atoms in total. The van der Waals surface area contributed by atoms with Gasteiger partial charge in [0.1, 0.15) is 12.7 Å². The van der Waals surface area contributed by atoms with Crippen LogP contribution in [-0.2, 0) is 19.0 Å². The van der Waals surface area contributed by atoms with E-state index >= 15 is 0 Å². The van der Waals surface area contributed by atoms with Gasteiger partial charge in [-0.05, 0) is 20.3 Å². The smallest absolute Gasteiger partial charge is 0.305 e. The number of esters is 1. The number of hydrogen-bond donors (Lipinski definition) is 0. The molecule has 0 spiro atoms. The van der Waals surface area contributed by atoms with Gasteiger partial charge in [-0.25, -0.2) is 0 Å². The van der Waals surface area contributed by atoms with E-state index in [-0.39, 0.29) is 12.1 Å². The van der Waals surface area contributed by atoms with Crippen molar-refractivity contribution in [3.8, 4) is 0 Å². The lowest BCUT2D eigenvalue weighted by Gasteiger charge is -2.16. The van der Waals surface area contributed by atoms with Gasteiger partial charge in [0.2, 0.25) is 0 Å². The Hall–Kier alpha value is -0.610. The number of carbonyl (C=O) groups excluding carboxylic acids is 1. The summed E-state index contributed by atoms with van der Waals surface area (Å²) in [6, 6.07) is 0. The van der Waals surface area contributed by atoms with Crippen LogP contribution in [0.1, 0.15) is 33.6 Å². The highest BCUT2D eigenvalue weighted by Gasteiger charge is 2.33. The molecule has 82 valence electrons. The standard InChI is InChI=1S/C10H18O4/c1-4-5-9(11)12-6-8-7-13-10(2,3)14-8/h8H,4-7H2,1-3H3/t8-/m1/s1. The van der Waals surface area contributed by atoms with Gasteiger partial charge in [-0.1, -0.05) is 6.92 Å². The minimum Gasteiger partial charge on any atom is -0.463 e. The SMILES string of the molecule is CCCC(=O)OC[C@@H]1COC(C)(C)O1. The lowest BCUT2D eigenvalue weighted by Crippen LogP contribution is -2.25. The van der Waals surface area contributed by atoms with Gasteiger partial charge in [0.25, 0.3) is 0 Å². The summed E-state index contributed by atoms with van der Waals surface area (Å²) in [5.74, 6) is -0.706. The lowest BCUT2D eigenvalue weighted by molar-refractivity contribution is -0.158. The third kappa shape index (κ3) is 3.64. The Morgan fingerprint density at radius 1 is 1.57 bits per heavy atom. The lowest BCUT2D eigenvalue weighted by atomic mass is 10.3. The molecule has 0 aromatic rings. The maximum atomic E-state index is 11.0. The van der Waals surface area contributed by atoms with Crippen LogP contribution < -0.4 is 0 Å². The molecule has 0 N–H and O–H groups in total. The Labute approximate surface area is 84.5 Å². The van der Waals surface area contributed by atoms with Crippen molar-refractivity contribution in [2.24, 2.45) is 0 Å². The van der Waals surface area contributed by atoms with Crippen molar-refractivity contribution in [3.05, 3.63) is 0 Å². The highest BCUT2D eigenvalue weighted by Crippen LogP contribution is 2.22. The molecule has 0 aromatic carbocycles. The van der Waals surface area contributed by atoms with Gasteiger partial charge in [-0.3, -0.25) is 4.79 Å². The molecule has 1 heterocycles. The molecule has 0 saturated carbocycles. The van der Waals surface area contributed by atoms with Crippen LogP contribution in [0.15, 0.2) is 0 Å². The molecule has 0 unspecified atom stereocenters. The largest absolute Gasteiger partial charge is 0.463 e. The molecule has 0 aliphatic carbocycles. The predicted molar refractivity (Wildman–Crippen MR) is 50.8 cm³/mol. The van der Waals surface area contributed by atoms with Crippen molar-refractivity contribution in [2.75, 3.05) is 13.2 Å². The zero-order valence-electron chi connectivity index (χ0n) is 9.04. The van der Waals surface area contributed by atoms with E-state index in [1.54, 1.807) is 0 Å². The second-order valence-corrected chi connectivity index (χ2v) is 3.88. The molecule has 1 fully saturated rings. The van der Waals surface area contributed by atoms with Crippen LogP contribution in [0.25, 0.3) is 0 Å². The summed E-state index contributed by atoms with van der Waals surface area (Å²) in [6.07, 6.45) is 1.16. The van der Waals surface area contributed by atoms with Crippen molar-refractivity contribution < 1.29 is 19.0 Å². The Bertz CT molecular complexity index is 200. The summed E-state index contributed by atoms with van der Waals surface area (Å²) in [6.45, 7) is 6.43. The Balaban J connectivity index is 2.17. The number of carbonyl (C=O) groups is 1. The average molecular weight is 202 g/mol. The van der Waals surface area contributed by atoms with Crippen LogP contribution in [0.5, 0.6) is 0 Å². The monoisotopic (exact) mass is 202 g/mol. The summed E-state index contributed by atoms with van der Waals surface area (Å²) in [5.41, 5.74) is 0. The van der Waals surface area contributed by atoms with Gasteiger partial charge in [-0.2, -0.15) is 0 Å². The maximum absolute atomic E-state index is 11.0. The van der Waals surface area contributed by atoms with E-state index in [1.165, 1.54) is 0 Å². The molecule has 0 bridgehead atoms. The van der Waals surface area contributed by atoms with E-state index in [0.717, 1.165) is 6.42 Å². The molecule has 14 heavy (non-hydrogen) atoms. The van der Waals surface area contributed by atoms with Crippen molar-refractivity contribution in [3.63, 3.8) is 0 Å². The Kier molecular flexibility index (Phi) is 3.89. The fourth-order valence-electron chi connectivity index (χ4n) is 1.31. The normalized spacial score (nSPS) is 24.9. The van der Waals surface area contributed by atoms with Gasteiger partial charge in [0, 0.05) is 6.42 Å². The zero-order valence-corrected chi connectivity index (χ0v) is 9.04. The van der Waals surface area contributed by atoms with Gasteiger partial charge >= 0.3 is 5.97 Å². The molecule has 1 aliphatic heterocycles. The second-order valence-electron chi connectivity index (χ2n) is 3.88. The second kappa shape index (κ2) is 4.75. The summed E-state index contributed by atoms with van der Waals surface area (Å²) in [7, 11) is 0. The highest BCUT2D eigenvalue weighted by atomic mass is 16.7. The molecule has 0 aromatic heterocycles. The van der Waals surface area contributed by atoms with E-state index in [9.17, 15) is 4.79 Å². The molecule has 1 saturated heterocycles. The Morgan fingerprint density at radius 3 is 2.79 bits per heavy atom. The summed E-state index contributed by atoms with van der Waals surface area (Å²) < 4.78 is 15.8. The van der Waals surface area contributed by atoms with Gasteiger partial charge in [0.15, 0.2) is 5.79 Å². The van der Waals surface area contributed by atoms with E-state index in [4.69, 9.17) is 14.2 Å². The predicted octanol–water partition coefficient (Wildman–Crippen LogP) is 1.48. The van der Waals surface area contributed by atoms with Gasteiger partial charge in [-0.15, -0.1) is 0 Å². The van der Waals surface area contributed by atoms with Gasteiger partial charge < -0.3 is 14.2 Å². The third-order valence-electron chi connectivity index (χ3n) is 1.95. The Morgan fingerprint density at radius 2 is 2.29 bits per heavy atom. The molecule has 0 amide bonds. The first-order chi connectivity index (χ1) is 6.53. The van der Waals surface area contributed by atoms with Crippen molar-refractivity contribution in [1.29, 1.82) is 0 Å². The van der Waals surface area contributed by atoms with Crippen LogP contribution >= 0.6 is 0 Å². The van der Waals surface area contributed by atoms with Crippen molar-refractivity contribution in [2.45, 2.75) is 45.5 Å². The van der Waals surface area contributed by atoms with E-state index in [0.29, 0.717) is 19.6 Å². The number of hydrogen-bond acceptors (Lipinski definition) is 4. The topological polar surface area (TPSA) is 44.8 Å². The minimum atomic E-state index is -0.540. The average Bonchev–Trinajstić information content (AvgIpc) is 2.43. The quantitative estimate of drug-likeness (QED) is 0.648. The first-order valence-electron chi connectivity index (χ1n) is 5.01. The molecular weight excluding hydrogens is 184 g/mol. The molecule has 1 aliphatic rings. The molecular formula is C10H18O4. The molecule has 1 atom stereocenters. The van der Waals surface area contributed by atoms with Gasteiger partial charge in [0.05, 0.1) is 6.61 Å². The molecule has 1 rings (SSSR count). The van der Waals surface area contributed by atoms with Crippen LogP contribution in [-0.4, -0.2) is 31.1 Å². The first kappa shape index (κ1) is 11.5. The van der Waals surface area contributed by atoms with Crippen LogP contribution in [0.2, 0.25) is 0 Å². The zero-order chi connectivity index (χ0) is 10.6. The molecule has 4 heteroatoms. The minimum absolute atomic E-state index is 0.120. The third-order valence-corrected chi connectivity index (χ3v) is 1.95. The van der Waals surface area contributed by atoms with Crippen LogP contribution in [0, 0.1) is 0 Å². The highest BCUT2D eigenvalue weighted by molar-refractivity contribution is 5.69. The fourth-order valence-corrected chi connectivity index (χ4v) is 1.31. The van der Waals surface area contributed by atoms with Crippen LogP contribution in [0.3, 0.4) is 0 Å². The maximum Gasteiger partial charge on any atom is 0.305 e. The number of ether oxygens (including phenoxy) is 3.